The number of piperidine rings is 1. The Bertz CT molecular complexity index is 1160. The van der Waals surface area contributed by atoms with E-state index in [1.807, 2.05) is 39.5 Å². The molecule has 1 fully saturated rings. The number of esters is 1. The van der Waals surface area contributed by atoms with E-state index in [9.17, 15) is 18.0 Å². The molecule has 7 nitrogen and oxygen atoms in total. The Hall–Kier alpha value is -2.87. The highest BCUT2D eigenvalue weighted by Gasteiger charge is 2.33. The summed E-state index contributed by atoms with van der Waals surface area (Å²) in [5.41, 5.74) is 1.96. The van der Waals surface area contributed by atoms with Crippen molar-refractivity contribution >= 4 is 27.6 Å². The van der Waals surface area contributed by atoms with Gasteiger partial charge in [0.25, 0.3) is 10.0 Å². The highest BCUT2D eigenvalue weighted by molar-refractivity contribution is 7.92. The van der Waals surface area contributed by atoms with Crippen molar-refractivity contribution in [3.05, 3.63) is 53.6 Å². The summed E-state index contributed by atoms with van der Waals surface area (Å²) in [6.07, 6.45) is 1.13. The van der Waals surface area contributed by atoms with Gasteiger partial charge in [-0.25, -0.2) is 8.42 Å². The number of anilines is 1. The largest absolute Gasteiger partial charge is 0.426 e. The number of carbonyl (C=O) groups is 2. The molecule has 0 N–H and O–H groups in total. The Morgan fingerprint density at radius 2 is 1.56 bits per heavy atom. The maximum Gasteiger partial charge on any atom is 0.314 e. The van der Waals surface area contributed by atoms with Gasteiger partial charge < -0.3 is 9.64 Å². The molecule has 2 aromatic rings. The van der Waals surface area contributed by atoms with Crippen molar-refractivity contribution in [3.8, 4) is 5.75 Å². The van der Waals surface area contributed by atoms with Crippen LogP contribution in [0.5, 0.6) is 5.75 Å². The van der Waals surface area contributed by atoms with Crippen molar-refractivity contribution < 1.29 is 22.7 Å². The molecule has 0 saturated carbocycles. The molecule has 0 spiro atoms. The summed E-state index contributed by atoms with van der Waals surface area (Å²) in [5.74, 6) is -0.142. The molecule has 0 atom stereocenters. The van der Waals surface area contributed by atoms with E-state index in [0.29, 0.717) is 37.4 Å². The first-order chi connectivity index (χ1) is 15.8. The van der Waals surface area contributed by atoms with Gasteiger partial charge in [0.2, 0.25) is 5.91 Å². The average Bonchev–Trinajstić information content (AvgIpc) is 2.79. The summed E-state index contributed by atoms with van der Waals surface area (Å²) in [6.45, 7) is 10.6. The number of hydrogen-bond acceptors (Lipinski definition) is 5. The third-order valence-corrected chi connectivity index (χ3v) is 8.09. The first-order valence-corrected chi connectivity index (χ1v) is 12.9. The zero-order valence-electron chi connectivity index (χ0n) is 20.8. The highest BCUT2D eigenvalue weighted by Crippen LogP contribution is 2.28. The van der Waals surface area contributed by atoms with Gasteiger partial charge in [0.05, 0.1) is 16.5 Å². The molecule has 1 aliphatic heterocycles. The molecule has 0 aromatic heterocycles. The number of carbonyl (C=O) groups excluding carboxylic acids is 2. The number of sulfonamides is 1. The molecule has 0 unspecified atom stereocenters. The lowest BCUT2D eigenvalue weighted by Gasteiger charge is -2.34. The molecule has 34 heavy (non-hydrogen) atoms. The van der Waals surface area contributed by atoms with Crippen LogP contribution in [-0.4, -0.2) is 45.3 Å². The van der Waals surface area contributed by atoms with E-state index >= 15 is 0 Å². The smallest absolute Gasteiger partial charge is 0.314 e. The van der Waals surface area contributed by atoms with E-state index in [2.05, 4.69) is 0 Å². The Kier molecular flexibility index (Phi) is 7.41. The number of hydrogen-bond donors (Lipinski definition) is 0. The van der Waals surface area contributed by atoms with Crippen molar-refractivity contribution in [1.29, 1.82) is 0 Å². The highest BCUT2D eigenvalue weighted by atomic mass is 32.2. The second kappa shape index (κ2) is 9.78. The SMILES string of the molecule is Cc1ccc(S(=O)(=O)N(C)c2ccc(OC(=O)C3CCN(C(=O)C(C)(C)C)CC3)cc2)cc1C. The fourth-order valence-electron chi connectivity index (χ4n) is 3.89. The standard InChI is InChI=1S/C26H34N2O5S/c1-18-7-12-23(17-19(18)2)34(31,32)27(6)21-8-10-22(11-9-21)33-24(29)20-13-15-28(16-14-20)25(30)26(3,4)5/h7-12,17,20H,13-16H2,1-6H3. The monoisotopic (exact) mass is 486 g/mol. The van der Waals surface area contributed by atoms with Crippen LogP contribution in [-0.2, 0) is 19.6 Å². The van der Waals surface area contributed by atoms with E-state index in [-0.39, 0.29) is 22.7 Å². The lowest BCUT2D eigenvalue weighted by atomic mass is 9.91. The van der Waals surface area contributed by atoms with Gasteiger partial charge in [0.15, 0.2) is 0 Å². The molecular formula is C26H34N2O5S. The molecule has 3 rings (SSSR count). The lowest BCUT2D eigenvalue weighted by molar-refractivity contribution is -0.146. The molecule has 0 radical (unpaired) electrons. The fourth-order valence-corrected chi connectivity index (χ4v) is 5.17. The van der Waals surface area contributed by atoms with Crippen LogP contribution in [0.4, 0.5) is 5.69 Å². The van der Waals surface area contributed by atoms with Crippen LogP contribution in [0.1, 0.15) is 44.7 Å². The normalized spacial score (nSPS) is 15.2. The van der Waals surface area contributed by atoms with Gasteiger partial charge in [-0.1, -0.05) is 26.8 Å². The maximum absolute atomic E-state index is 13.0. The zero-order valence-corrected chi connectivity index (χ0v) is 21.6. The average molecular weight is 487 g/mol. The van der Waals surface area contributed by atoms with E-state index in [4.69, 9.17) is 4.74 Å². The van der Waals surface area contributed by atoms with Crippen LogP contribution in [0.25, 0.3) is 0 Å². The van der Waals surface area contributed by atoms with Crippen LogP contribution >= 0.6 is 0 Å². The summed E-state index contributed by atoms with van der Waals surface area (Å²) in [4.78, 5) is 27.1. The Morgan fingerprint density at radius 3 is 2.09 bits per heavy atom. The van der Waals surface area contributed by atoms with Gasteiger partial charge in [-0.2, -0.15) is 0 Å². The van der Waals surface area contributed by atoms with Crippen LogP contribution in [0, 0.1) is 25.2 Å². The van der Waals surface area contributed by atoms with Crippen LogP contribution < -0.4 is 9.04 Å². The minimum atomic E-state index is -3.71. The zero-order chi connectivity index (χ0) is 25.3. The second-order valence-corrected chi connectivity index (χ2v) is 11.9. The number of aryl methyl sites for hydroxylation is 2. The van der Waals surface area contributed by atoms with Gasteiger partial charge in [-0.3, -0.25) is 13.9 Å². The molecule has 1 heterocycles. The molecule has 1 saturated heterocycles. The Balaban J connectivity index is 1.62. The number of benzene rings is 2. The Labute approximate surface area is 202 Å². The summed E-state index contributed by atoms with van der Waals surface area (Å²) < 4.78 is 32.8. The third kappa shape index (κ3) is 5.60. The molecule has 0 bridgehead atoms. The maximum atomic E-state index is 13.0. The third-order valence-electron chi connectivity index (χ3n) is 6.31. The number of ether oxygens (including phenoxy) is 1. The number of rotatable bonds is 5. The first-order valence-electron chi connectivity index (χ1n) is 11.5. The minimum absolute atomic E-state index is 0.0924. The van der Waals surface area contributed by atoms with Gasteiger partial charge in [0, 0.05) is 25.6 Å². The first kappa shape index (κ1) is 25.7. The van der Waals surface area contributed by atoms with Gasteiger partial charge in [-0.15, -0.1) is 0 Å². The van der Waals surface area contributed by atoms with Crippen LogP contribution in [0.3, 0.4) is 0 Å². The quantitative estimate of drug-likeness (QED) is 0.464. The van der Waals surface area contributed by atoms with Crippen molar-refractivity contribution in [1.82, 2.24) is 4.90 Å². The molecule has 8 heteroatoms. The van der Waals surface area contributed by atoms with E-state index in [0.717, 1.165) is 11.1 Å². The molecular weight excluding hydrogens is 452 g/mol. The summed E-state index contributed by atoms with van der Waals surface area (Å²) >= 11 is 0. The molecule has 1 aliphatic rings. The molecule has 1 amide bonds. The van der Waals surface area contributed by atoms with Gasteiger partial charge in [-0.05, 0) is 74.2 Å². The van der Waals surface area contributed by atoms with Crippen molar-refractivity contribution in [3.63, 3.8) is 0 Å². The van der Waals surface area contributed by atoms with Gasteiger partial charge >= 0.3 is 5.97 Å². The van der Waals surface area contributed by atoms with Crippen LogP contribution in [0.2, 0.25) is 0 Å². The number of amides is 1. The van der Waals surface area contributed by atoms with Gasteiger partial charge in [0.1, 0.15) is 5.75 Å². The lowest BCUT2D eigenvalue weighted by Crippen LogP contribution is -2.45. The summed E-state index contributed by atoms with van der Waals surface area (Å²) in [5, 5.41) is 0. The number of nitrogens with zero attached hydrogens (tertiary/aromatic N) is 2. The molecule has 0 aliphatic carbocycles. The number of likely N-dealkylation sites (tertiary alicyclic amines) is 1. The Morgan fingerprint density at radius 1 is 0.971 bits per heavy atom. The topological polar surface area (TPSA) is 84.0 Å². The summed E-state index contributed by atoms with van der Waals surface area (Å²) in [6, 6.07) is 11.5. The summed E-state index contributed by atoms with van der Waals surface area (Å²) in [7, 11) is -2.22. The molecule has 2 aromatic carbocycles. The van der Waals surface area contributed by atoms with E-state index in [1.165, 1.54) is 11.4 Å². The second-order valence-electron chi connectivity index (χ2n) is 9.95. The van der Waals surface area contributed by atoms with Crippen LogP contribution in [0.15, 0.2) is 47.4 Å². The van der Waals surface area contributed by atoms with Crippen molar-refractivity contribution in [2.24, 2.45) is 11.3 Å². The van der Waals surface area contributed by atoms with E-state index in [1.54, 1.807) is 42.5 Å². The predicted molar refractivity (Wildman–Crippen MR) is 132 cm³/mol. The minimum Gasteiger partial charge on any atom is -0.426 e. The fraction of sp³-hybridized carbons (Fsp3) is 0.462. The predicted octanol–water partition coefficient (Wildman–Crippen LogP) is 4.32. The van der Waals surface area contributed by atoms with E-state index < -0.39 is 15.4 Å². The molecule has 184 valence electrons. The van der Waals surface area contributed by atoms with Crippen molar-refractivity contribution in [2.75, 3.05) is 24.4 Å². The van der Waals surface area contributed by atoms with Crippen molar-refractivity contribution in [2.45, 2.75) is 52.4 Å².